The summed E-state index contributed by atoms with van der Waals surface area (Å²) in [7, 11) is 0. The lowest BCUT2D eigenvalue weighted by atomic mass is 10.0. The minimum Gasteiger partial charge on any atom is -0.465 e. The van der Waals surface area contributed by atoms with E-state index in [9.17, 15) is 19.2 Å². The SMILES string of the molecule is O=C(O)N[C@H]1CCC[C@H]1C(=O)Nc1ccc2c(c1)c(=O)n(CC1CC1)c(=O)n2CC1CC1. The molecule has 3 fully saturated rings. The topological polar surface area (TPSA) is 122 Å². The Hall–Kier alpha value is -3.10. The fourth-order valence-electron chi connectivity index (χ4n) is 4.80. The van der Waals surface area contributed by atoms with Gasteiger partial charge in [-0.3, -0.25) is 18.7 Å². The van der Waals surface area contributed by atoms with E-state index in [0.29, 0.717) is 54.4 Å². The van der Waals surface area contributed by atoms with E-state index in [-0.39, 0.29) is 17.2 Å². The van der Waals surface area contributed by atoms with E-state index in [1.165, 1.54) is 4.57 Å². The highest BCUT2D eigenvalue weighted by Gasteiger charge is 2.34. The summed E-state index contributed by atoms with van der Waals surface area (Å²) in [6.07, 6.45) is 5.14. The van der Waals surface area contributed by atoms with Gasteiger partial charge in [0.2, 0.25) is 5.91 Å². The van der Waals surface area contributed by atoms with Crippen LogP contribution < -0.4 is 21.9 Å². The third-order valence-corrected chi connectivity index (χ3v) is 6.93. The second-order valence-electron chi connectivity index (χ2n) is 9.51. The molecule has 3 saturated carbocycles. The number of carbonyl (C=O) groups excluding carboxylic acids is 1. The first kappa shape index (κ1) is 20.8. The molecular weight excluding hydrogens is 412 g/mol. The molecule has 2 atom stereocenters. The zero-order chi connectivity index (χ0) is 22.4. The summed E-state index contributed by atoms with van der Waals surface area (Å²) in [4.78, 5) is 50.1. The van der Waals surface area contributed by atoms with Crippen LogP contribution in [-0.2, 0) is 17.9 Å². The minimum absolute atomic E-state index is 0.244. The van der Waals surface area contributed by atoms with Crippen molar-refractivity contribution in [3.05, 3.63) is 39.0 Å². The molecule has 0 bridgehead atoms. The quantitative estimate of drug-likeness (QED) is 0.610. The van der Waals surface area contributed by atoms with Crippen LogP contribution in [0.3, 0.4) is 0 Å². The summed E-state index contributed by atoms with van der Waals surface area (Å²) in [6.45, 7) is 1.05. The molecule has 1 aromatic heterocycles. The molecule has 32 heavy (non-hydrogen) atoms. The third-order valence-electron chi connectivity index (χ3n) is 6.93. The first-order valence-electron chi connectivity index (χ1n) is 11.5. The standard InChI is InChI=1S/C23H28N4O5/c28-20(16-2-1-3-18(16)25-22(30)31)24-15-8-9-19-17(10-15)21(29)27(12-14-6-7-14)23(32)26(19)11-13-4-5-13/h8-10,13-14,16,18,25H,1-7,11-12H2,(H,24,28)(H,30,31)/t16-,18+/m1/s1. The van der Waals surface area contributed by atoms with Gasteiger partial charge in [0.1, 0.15) is 0 Å². The van der Waals surface area contributed by atoms with Gasteiger partial charge in [-0.25, -0.2) is 9.59 Å². The molecule has 5 rings (SSSR count). The highest BCUT2D eigenvalue weighted by atomic mass is 16.4. The molecule has 170 valence electrons. The Morgan fingerprint density at radius 2 is 1.66 bits per heavy atom. The van der Waals surface area contributed by atoms with Crippen molar-refractivity contribution in [3.63, 3.8) is 0 Å². The largest absolute Gasteiger partial charge is 0.465 e. The molecule has 0 saturated heterocycles. The summed E-state index contributed by atoms with van der Waals surface area (Å²) in [5.74, 6) is 0.154. The summed E-state index contributed by atoms with van der Waals surface area (Å²) in [6, 6.07) is 4.69. The number of anilines is 1. The first-order valence-corrected chi connectivity index (χ1v) is 11.5. The van der Waals surface area contributed by atoms with Gasteiger partial charge in [-0.05, 0) is 68.6 Å². The van der Waals surface area contributed by atoms with Crippen LogP contribution in [0.25, 0.3) is 10.9 Å². The van der Waals surface area contributed by atoms with Crippen LogP contribution in [0, 0.1) is 17.8 Å². The second kappa shape index (κ2) is 8.11. The zero-order valence-electron chi connectivity index (χ0n) is 17.9. The lowest BCUT2D eigenvalue weighted by Gasteiger charge is -2.19. The third kappa shape index (κ3) is 4.16. The van der Waals surface area contributed by atoms with E-state index in [1.807, 2.05) is 0 Å². The summed E-state index contributed by atoms with van der Waals surface area (Å²) in [5, 5.41) is 14.7. The highest BCUT2D eigenvalue weighted by molar-refractivity contribution is 5.95. The van der Waals surface area contributed by atoms with E-state index >= 15 is 0 Å². The molecule has 3 aliphatic rings. The van der Waals surface area contributed by atoms with Crippen LogP contribution in [0.2, 0.25) is 0 Å². The van der Waals surface area contributed by atoms with Crippen molar-refractivity contribution in [1.29, 1.82) is 0 Å². The van der Waals surface area contributed by atoms with Crippen molar-refractivity contribution in [1.82, 2.24) is 14.5 Å². The predicted octanol–water partition coefficient (Wildman–Crippen LogP) is 2.36. The van der Waals surface area contributed by atoms with E-state index in [0.717, 1.165) is 32.1 Å². The second-order valence-corrected chi connectivity index (χ2v) is 9.51. The number of benzene rings is 1. The van der Waals surface area contributed by atoms with E-state index in [2.05, 4.69) is 10.6 Å². The van der Waals surface area contributed by atoms with Gasteiger partial charge in [0.15, 0.2) is 0 Å². The minimum atomic E-state index is -1.13. The van der Waals surface area contributed by atoms with Gasteiger partial charge in [-0.2, -0.15) is 0 Å². The maximum atomic E-state index is 13.2. The Morgan fingerprint density at radius 1 is 0.969 bits per heavy atom. The summed E-state index contributed by atoms with van der Waals surface area (Å²) in [5.41, 5.74) is 0.524. The van der Waals surface area contributed by atoms with Crippen molar-refractivity contribution in [2.24, 2.45) is 17.8 Å². The van der Waals surface area contributed by atoms with Crippen molar-refractivity contribution in [2.75, 3.05) is 5.32 Å². The van der Waals surface area contributed by atoms with Crippen LogP contribution >= 0.6 is 0 Å². The molecule has 2 aromatic rings. The maximum Gasteiger partial charge on any atom is 0.404 e. The molecule has 0 radical (unpaired) electrons. The van der Waals surface area contributed by atoms with Gasteiger partial charge < -0.3 is 15.7 Å². The van der Waals surface area contributed by atoms with Crippen LogP contribution in [0.1, 0.15) is 44.9 Å². The van der Waals surface area contributed by atoms with Gasteiger partial charge in [0, 0.05) is 24.8 Å². The Kier molecular flexibility index (Phi) is 5.27. The summed E-state index contributed by atoms with van der Waals surface area (Å²) < 4.78 is 3.07. The number of nitrogens with zero attached hydrogens (tertiary/aromatic N) is 2. The van der Waals surface area contributed by atoms with Crippen LogP contribution in [-0.4, -0.2) is 32.3 Å². The highest BCUT2D eigenvalue weighted by Crippen LogP contribution is 2.32. The number of fused-ring (bicyclic) bond motifs is 1. The smallest absolute Gasteiger partial charge is 0.404 e. The van der Waals surface area contributed by atoms with Crippen LogP contribution in [0.5, 0.6) is 0 Å². The molecule has 1 heterocycles. The number of hydrogen-bond donors (Lipinski definition) is 3. The van der Waals surface area contributed by atoms with Gasteiger partial charge in [-0.15, -0.1) is 0 Å². The normalized spacial score (nSPS) is 22.8. The molecule has 2 amide bonds. The van der Waals surface area contributed by atoms with E-state index in [4.69, 9.17) is 5.11 Å². The van der Waals surface area contributed by atoms with Crippen molar-refractivity contribution >= 4 is 28.6 Å². The van der Waals surface area contributed by atoms with Crippen molar-refractivity contribution in [2.45, 2.75) is 64.1 Å². The van der Waals surface area contributed by atoms with Gasteiger partial charge >= 0.3 is 11.8 Å². The fraction of sp³-hybridized carbons (Fsp3) is 0.565. The molecule has 1 aromatic carbocycles. The Bertz CT molecular complexity index is 1190. The van der Waals surface area contributed by atoms with Gasteiger partial charge in [-0.1, -0.05) is 6.42 Å². The Morgan fingerprint density at radius 3 is 2.31 bits per heavy atom. The van der Waals surface area contributed by atoms with Crippen molar-refractivity contribution in [3.8, 4) is 0 Å². The van der Waals surface area contributed by atoms with Crippen LogP contribution in [0.15, 0.2) is 27.8 Å². The van der Waals surface area contributed by atoms with Crippen molar-refractivity contribution < 1.29 is 14.7 Å². The average Bonchev–Trinajstić information content (AvgIpc) is 3.68. The fourth-order valence-corrected chi connectivity index (χ4v) is 4.80. The zero-order valence-corrected chi connectivity index (χ0v) is 17.9. The van der Waals surface area contributed by atoms with Gasteiger partial charge in [0.05, 0.1) is 16.8 Å². The lowest BCUT2D eigenvalue weighted by Crippen LogP contribution is -2.41. The predicted molar refractivity (Wildman–Crippen MR) is 119 cm³/mol. The molecule has 0 spiro atoms. The molecule has 0 aliphatic heterocycles. The lowest BCUT2D eigenvalue weighted by molar-refractivity contribution is -0.120. The van der Waals surface area contributed by atoms with Crippen LogP contribution in [0.4, 0.5) is 10.5 Å². The number of aromatic nitrogens is 2. The van der Waals surface area contributed by atoms with Gasteiger partial charge in [0.25, 0.3) is 5.56 Å². The maximum absolute atomic E-state index is 13.2. The number of amides is 2. The Labute approximate surface area is 184 Å². The molecule has 3 aliphatic carbocycles. The molecule has 0 unspecified atom stereocenters. The number of hydrogen-bond acceptors (Lipinski definition) is 4. The average molecular weight is 441 g/mol. The Balaban J connectivity index is 1.47. The molecule has 3 N–H and O–H groups in total. The first-order chi connectivity index (χ1) is 15.4. The summed E-state index contributed by atoms with van der Waals surface area (Å²) >= 11 is 0. The van der Waals surface area contributed by atoms with E-state index < -0.39 is 18.1 Å². The monoisotopic (exact) mass is 440 g/mol. The number of nitrogens with one attached hydrogen (secondary N) is 2. The number of carbonyl (C=O) groups is 2. The number of rotatable bonds is 7. The molecule has 9 heteroatoms. The number of carboxylic acid groups (broad SMARTS) is 1. The molecule has 9 nitrogen and oxygen atoms in total. The molecular formula is C23H28N4O5. The van der Waals surface area contributed by atoms with E-state index in [1.54, 1.807) is 22.8 Å².